The molecular formula is C17H25N5OS. The second kappa shape index (κ2) is 7.42. The van der Waals surface area contributed by atoms with Crippen molar-refractivity contribution in [1.82, 2.24) is 20.0 Å². The van der Waals surface area contributed by atoms with Gasteiger partial charge in [0.15, 0.2) is 5.17 Å². The number of hydrogen-bond donors (Lipinski definition) is 1. The van der Waals surface area contributed by atoms with Crippen LogP contribution in [0.4, 0.5) is 0 Å². The molecule has 0 spiro atoms. The molecular weight excluding hydrogens is 322 g/mol. The molecule has 3 rings (SSSR count). The number of aryl methyl sites for hydroxylation is 2. The van der Waals surface area contributed by atoms with Crippen molar-refractivity contribution in [1.29, 1.82) is 0 Å². The first kappa shape index (κ1) is 17.1. The van der Waals surface area contributed by atoms with E-state index in [2.05, 4.69) is 32.6 Å². The van der Waals surface area contributed by atoms with Crippen molar-refractivity contribution in [2.75, 3.05) is 19.6 Å². The van der Waals surface area contributed by atoms with Crippen LogP contribution < -0.4 is 5.32 Å². The number of thioether (sulfide) groups is 1. The summed E-state index contributed by atoms with van der Waals surface area (Å²) >= 11 is 1.70. The molecule has 0 aliphatic carbocycles. The number of aromatic nitrogens is 2. The number of hydrogen-bond acceptors (Lipinski definition) is 5. The molecule has 0 saturated carbocycles. The fourth-order valence-corrected chi connectivity index (χ4v) is 4.15. The Hall–Kier alpha value is -1.76. The van der Waals surface area contributed by atoms with Crippen molar-refractivity contribution in [2.45, 2.75) is 39.5 Å². The van der Waals surface area contributed by atoms with Gasteiger partial charge in [0.1, 0.15) is 0 Å². The standard InChI is InChI=1S/C17H25N5OS/c1-12-15(13(2)21(3)20-12)5-6-16(23)18-9-7-14-11-24-17-19-8-4-10-22(14)17/h11H,4-10H2,1-3H3,(H,18,23). The molecule has 3 heterocycles. The van der Waals surface area contributed by atoms with Gasteiger partial charge in [0.2, 0.25) is 5.91 Å². The van der Waals surface area contributed by atoms with E-state index in [4.69, 9.17) is 0 Å². The fourth-order valence-electron chi connectivity index (χ4n) is 3.17. The number of amidine groups is 1. The molecule has 7 heteroatoms. The molecule has 1 amide bonds. The molecule has 0 unspecified atom stereocenters. The lowest BCUT2D eigenvalue weighted by Crippen LogP contribution is -2.32. The number of nitrogens with one attached hydrogen (secondary N) is 1. The van der Waals surface area contributed by atoms with Crippen LogP contribution in [-0.2, 0) is 18.3 Å². The highest BCUT2D eigenvalue weighted by atomic mass is 32.2. The summed E-state index contributed by atoms with van der Waals surface area (Å²) in [5.41, 5.74) is 4.63. The molecule has 0 bridgehead atoms. The third kappa shape index (κ3) is 3.66. The van der Waals surface area contributed by atoms with Gasteiger partial charge in [-0.3, -0.25) is 14.5 Å². The molecule has 0 aromatic carbocycles. The largest absolute Gasteiger partial charge is 0.356 e. The van der Waals surface area contributed by atoms with Gasteiger partial charge < -0.3 is 10.2 Å². The summed E-state index contributed by atoms with van der Waals surface area (Å²) in [6.45, 7) is 6.71. The average molecular weight is 347 g/mol. The van der Waals surface area contributed by atoms with E-state index in [9.17, 15) is 4.79 Å². The van der Waals surface area contributed by atoms with Crippen molar-refractivity contribution in [3.8, 4) is 0 Å². The first-order chi connectivity index (χ1) is 11.6. The molecule has 0 saturated heterocycles. The van der Waals surface area contributed by atoms with E-state index in [-0.39, 0.29) is 5.91 Å². The Bertz CT molecular complexity index is 691. The van der Waals surface area contributed by atoms with Gasteiger partial charge in [-0.1, -0.05) is 11.8 Å². The van der Waals surface area contributed by atoms with Gasteiger partial charge >= 0.3 is 0 Å². The lowest BCUT2D eigenvalue weighted by Gasteiger charge is -2.25. The number of aliphatic imine (C=N–C) groups is 1. The van der Waals surface area contributed by atoms with Crippen LogP contribution in [0, 0.1) is 13.8 Å². The van der Waals surface area contributed by atoms with Crippen molar-refractivity contribution >= 4 is 22.8 Å². The quantitative estimate of drug-likeness (QED) is 0.856. The molecule has 2 aliphatic heterocycles. The molecule has 130 valence electrons. The normalized spacial score (nSPS) is 16.7. The van der Waals surface area contributed by atoms with E-state index in [1.165, 1.54) is 11.3 Å². The Morgan fingerprint density at radius 3 is 2.96 bits per heavy atom. The topological polar surface area (TPSA) is 62.5 Å². The highest BCUT2D eigenvalue weighted by Crippen LogP contribution is 2.30. The molecule has 1 aromatic rings. The van der Waals surface area contributed by atoms with Crippen LogP contribution in [0.5, 0.6) is 0 Å². The van der Waals surface area contributed by atoms with Gasteiger partial charge in [-0.15, -0.1) is 0 Å². The molecule has 1 aromatic heterocycles. The minimum atomic E-state index is 0.108. The van der Waals surface area contributed by atoms with Gasteiger partial charge in [0.05, 0.1) is 5.69 Å². The van der Waals surface area contributed by atoms with Gasteiger partial charge in [0, 0.05) is 50.9 Å². The molecule has 0 fully saturated rings. The minimum Gasteiger partial charge on any atom is -0.356 e. The molecule has 0 atom stereocenters. The van der Waals surface area contributed by atoms with Crippen LogP contribution in [0.15, 0.2) is 16.1 Å². The molecule has 1 N–H and O–H groups in total. The first-order valence-corrected chi connectivity index (χ1v) is 9.37. The summed E-state index contributed by atoms with van der Waals surface area (Å²) in [5, 5.41) is 10.7. The van der Waals surface area contributed by atoms with Crippen molar-refractivity contribution < 1.29 is 4.79 Å². The van der Waals surface area contributed by atoms with Crippen molar-refractivity contribution in [3.05, 3.63) is 28.1 Å². The number of carbonyl (C=O) groups is 1. The Morgan fingerprint density at radius 1 is 1.38 bits per heavy atom. The molecule has 0 radical (unpaired) electrons. The van der Waals surface area contributed by atoms with Gasteiger partial charge in [-0.2, -0.15) is 5.10 Å². The van der Waals surface area contributed by atoms with Crippen LogP contribution in [-0.4, -0.2) is 45.4 Å². The maximum Gasteiger partial charge on any atom is 0.220 e. The van der Waals surface area contributed by atoms with E-state index in [1.807, 2.05) is 18.7 Å². The predicted octanol–water partition coefficient (Wildman–Crippen LogP) is 2.13. The van der Waals surface area contributed by atoms with E-state index in [0.717, 1.165) is 48.9 Å². The third-order valence-electron chi connectivity index (χ3n) is 4.63. The lowest BCUT2D eigenvalue weighted by molar-refractivity contribution is -0.121. The minimum absolute atomic E-state index is 0.108. The lowest BCUT2D eigenvalue weighted by atomic mass is 10.1. The van der Waals surface area contributed by atoms with E-state index in [1.54, 1.807) is 11.8 Å². The van der Waals surface area contributed by atoms with Crippen molar-refractivity contribution in [2.24, 2.45) is 12.0 Å². The van der Waals surface area contributed by atoms with Crippen LogP contribution in [0.25, 0.3) is 0 Å². The summed E-state index contributed by atoms with van der Waals surface area (Å²) in [5.74, 6) is 0.108. The predicted molar refractivity (Wildman–Crippen MR) is 97.9 cm³/mol. The summed E-state index contributed by atoms with van der Waals surface area (Å²) in [6, 6.07) is 0. The third-order valence-corrected chi connectivity index (χ3v) is 5.58. The second-order valence-electron chi connectivity index (χ2n) is 6.27. The first-order valence-electron chi connectivity index (χ1n) is 8.49. The zero-order valence-electron chi connectivity index (χ0n) is 14.6. The SMILES string of the molecule is Cc1nn(C)c(C)c1CCC(=O)NCCC1=CSC2=NCCCN12. The summed E-state index contributed by atoms with van der Waals surface area (Å²) < 4.78 is 1.88. The zero-order valence-corrected chi connectivity index (χ0v) is 15.4. The molecule has 6 nitrogen and oxygen atoms in total. The van der Waals surface area contributed by atoms with E-state index < -0.39 is 0 Å². The second-order valence-corrected chi connectivity index (χ2v) is 7.11. The highest BCUT2D eigenvalue weighted by molar-refractivity contribution is 8.16. The van der Waals surface area contributed by atoms with Crippen LogP contribution >= 0.6 is 11.8 Å². The van der Waals surface area contributed by atoms with Gasteiger partial charge in [-0.05, 0) is 37.7 Å². The summed E-state index contributed by atoms with van der Waals surface area (Å²) in [7, 11) is 1.94. The highest BCUT2D eigenvalue weighted by Gasteiger charge is 2.24. The Labute approximate surface area is 147 Å². The van der Waals surface area contributed by atoms with E-state index >= 15 is 0 Å². The summed E-state index contributed by atoms with van der Waals surface area (Å²) in [6.07, 6.45) is 3.23. The maximum atomic E-state index is 12.1. The Balaban J connectivity index is 1.42. The monoisotopic (exact) mass is 347 g/mol. The fraction of sp³-hybridized carbons (Fsp3) is 0.588. The van der Waals surface area contributed by atoms with E-state index in [0.29, 0.717) is 13.0 Å². The smallest absolute Gasteiger partial charge is 0.220 e. The zero-order chi connectivity index (χ0) is 17.1. The molecule has 24 heavy (non-hydrogen) atoms. The molecule has 2 aliphatic rings. The van der Waals surface area contributed by atoms with Crippen LogP contribution in [0.2, 0.25) is 0 Å². The van der Waals surface area contributed by atoms with Gasteiger partial charge in [0.25, 0.3) is 0 Å². The maximum absolute atomic E-state index is 12.1. The average Bonchev–Trinajstić information content (AvgIpc) is 3.08. The van der Waals surface area contributed by atoms with Crippen molar-refractivity contribution in [3.63, 3.8) is 0 Å². The Kier molecular flexibility index (Phi) is 5.28. The Morgan fingerprint density at radius 2 is 2.21 bits per heavy atom. The summed E-state index contributed by atoms with van der Waals surface area (Å²) in [4.78, 5) is 18.9. The van der Waals surface area contributed by atoms with Gasteiger partial charge in [-0.25, -0.2) is 0 Å². The number of amides is 1. The number of nitrogens with zero attached hydrogens (tertiary/aromatic N) is 4. The number of rotatable bonds is 6. The number of carbonyl (C=O) groups excluding carboxylic acids is 1. The number of fused-ring (bicyclic) bond motifs is 1. The van der Waals surface area contributed by atoms with Crippen LogP contribution in [0.1, 0.15) is 36.2 Å². The van der Waals surface area contributed by atoms with Crippen LogP contribution in [0.3, 0.4) is 0 Å².